The molecule has 3 rings (SSSR count). The number of nitro benzene ring substituents is 1. The van der Waals surface area contributed by atoms with Crippen LogP contribution in [0, 0.1) is 10.1 Å². The highest BCUT2D eigenvalue weighted by Crippen LogP contribution is 2.34. The van der Waals surface area contributed by atoms with E-state index in [1.165, 1.54) is 6.07 Å². The first kappa shape index (κ1) is 15.8. The van der Waals surface area contributed by atoms with Crippen molar-refractivity contribution in [2.75, 3.05) is 11.9 Å². The van der Waals surface area contributed by atoms with Gasteiger partial charge in [-0.3, -0.25) is 10.1 Å². The minimum Gasteiger partial charge on any atom is -0.493 e. The number of aliphatic hydroxyl groups is 1. The van der Waals surface area contributed by atoms with E-state index in [4.69, 9.17) is 4.74 Å². The molecule has 0 fully saturated rings. The molecule has 0 unspecified atom stereocenters. The van der Waals surface area contributed by atoms with Gasteiger partial charge in [0.2, 0.25) is 0 Å². The van der Waals surface area contributed by atoms with Crippen molar-refractivity contribution in [1.29, 1.82) is 0 Å². The number of anilines is 1. The van der Waals surface area contributed by atoms with Crippen LogP contribution in [0.3, 0.4) is 0 Å². The summed E-state index contributed by atoms with van der Waals surface area (Å²) in [5, 5.41) is 23.5. The molecule has 2 aromatic rings. The van der Waals surface area contributed by atoms with Crippen molar-refractivity contribution < 1.29 is 14.8 Å². The maximum absolute atomic E-state index is 11.1. The first-order chi connectivity index (χ1) is 11.1. The van der Waals surface area contributed by atoms with E-state index in [0.29, 0.717) is 24.4 Å². The van der Waals surface area contributed by atoms with Crippen LogP contribution in [0.4, 0.5) is 11.4 Å². The van der Waals surface area contributed by atoms with Gasteiger partial charge in [0.25, 0.3) is 5.69 Å². The lowest BCUT2D eigenvalue weighted by molar-refractivity contribution is -0.384. The van der Waals surface area contributed by atoms with Gasteiger partial charge in [0.05, 0.1) is 18.1 Å². The third-order valence-corrected chi connectivity index (χ3v) is 4.19. The number of nitro groups is 1. The number of benzene rings is 2. The lowest BCUT2D eigenvalue weighted by Crippen LogP contribution is -2.05. The van der Waals surface area contributed by atoms with Crippen molar-refractivity contribution in [2.24, 2.45) is 0 Å². The topological polar surface area (TPSA) is 84.6 Å². The zero-order valence-electron chi connectivity index (χ0n) is 12.2. The smallest absolute Gasteiger partial charge is 0.292 e. The first-order valence-electron chi connectivity index (χ1n) is 7.14. The quantitative estimate of drug-likeness (QED) is 0.615. The molecular formula is C16H15BrN2O4. The van der Waals surface area contributed by atoms with Crippen LogP contribution in [0.25, 0.3) is 0 Å². The molecule has 0 saturated carbocycles. The minimum absolute atomic E-state index is 0.0187. The van der Waals surface area contributed by atoms with Crippen molar-refractivity contribution in [2.45, 2.75) is 19.6 Å². The molecular weight excluding hydrogens is 364 g/mol. The molecule has 1 aliphatic rings. The number of ether oxygens (including phenoxy) is 1. The zero-order valence-corrected chi connectivity index (χ0v) is 13.8. The molecule has 0 aromatic heterocycles. The Morgan fingerprint density at radius 2 is 2.17 bits per heavy atom. The molecule has 0 saturated heterocycles. The van der Waals surface area contributed by atoms with Crippen molar-refractivity contribution in [3.8, 4) is 5.75 Å². The highest BCUT2D eigenvalue weighted by Gasteiger charge is 2.19. The number of rotatable bonds is 5. The fourth-order valence-corrected chi connectivity index (χ4v) is 3.20. The molecule has 0 amide bonds. The lowest BCUT2D eigenvalue weighted by Gasteiger charge is -2.12. The zero-order chi connectivity index (χ0) is 16.4. The van der Waals surface area contributed by atoms with Crippen LogP contribution < -0.4 is 10.1 Å². The van der Waals surface area contributed by atoms with Crippen molar-refractivity contribution in [3.05, 3.63) is 61.6 Å². The second-order valence-corrected chi connectivity index (χ2v) is 6.19. The average molecular weight is 379 g/mol. The van der Waals surface area contributed by atoms with E-state index in [-0.39, 0.29) is 12.3 Å². The third-order valence-electron chi connectivity index (χ3n) is 3.73. The fraction of sp³-hybridized carbons (Fsp3) is 0.250. The van der Waals surface area contributed by atoms with Gasteiger partial charge in [0, 0.05) is 29.1 Å². The summed E-state index contributed by atoms with van der Waals surface area (Å²) in [6, 6.07) is 8.51. The van der Waals surface area contributed by atoms with E-state index in [1.807, 2.05) is 12.1 Å². The summed E-state index contributed by atoms with van der Waals surface area (Å²) in [5.74, 6) is 0.849. The highest BCUT2D eigenvalue weighted by atomic mass is 79.9. The molecule has 0 aliphatic carbocycles. The van der Waals surface area contributed by atoms with E-state index < -0.39 is 4.92 Å². The summed E-state index contributed by atoms with van der Waals surface area (Å²) >= 11 is 3.48. The highest BCUT2D eigenvalue weighted by molar-refractivity contribution is 9.10. The van der Waals surface area contributed by atoms with Crippen LogP contribution in [-0.4, -0.2) is 16.6 Å². The van der Waals surface area contributed by atoms with Crippen LogP contribution >= 0.6 is 15.9 Å². The molecule has 0 bridgehead atoms. The number of aliphatic hydroxyl groups excluding tert-OH is 1. The summed E-state index contributed by atoms with van der Waals surface area (Å²) in [6.07, 6.45) is 0.863. The Morgan fingerprint density at radius 1 is 1.35 bits per heavy atom. The standard InChI is InChI=1S/C16H15BrN2O4/c17-13-6-11-3-4-23-16(11)12(7-13)8-18-14-5-10(9-20)1-2-15(14)19(21)22/h1-2,5-7,18,20H,3-4,8-9H2. The monoisotopic (exact) mass is 378 g/mol. The summed E-state index contributed by atoms with van der Waals surface area (Å²) in [4.78, 5) is 10.7. The summed E-state index contributed by atoms with van der Waals surface area (Å²) in [7, 11) is 0. The molecule has 120 valence electrons. The van der Waals surface area contributed by atoms with Crippen LogP contribution in [0.2, 0.25) is 0 Å². The second-order valence-electron chi connectivity index (χ2n) is 5.27. The Balaban J connectivity index is 1.88. The molecule has 0 radical (unpaired) electrons. The van der Waals surface area contributed by atoms with Gasteiger partial charge in [-0.2, -0.15) is 0 Å². The largest absolute Gasteiger partial charge is 0.493 e. The molecule has 0 spiro atoms. The normalized spacial score (nSPS) is 12.6. The third kappa shape index (κ3) is 3.30. The van der Waals surface area contributed by atoms with Crippen LogP contribution in [0.5, 0.6) is 5.75 Å². The average Bonchev–Trinajstić information content (AvgIpc) is 3.00. The molecule has 1 aliphatic heterocycles. The Morgan fingerprint density at radius 3 is 2.91 bits per heavy atom. The predicted octanol–water partition coefficient (Wildman–Crippen LogP) is 3.40. The van der Waals surface area contributed by atoms with Gasteiger partial charge in [-0.05, 0) is 35.4 Å². The van der Waals surface area contributed by atoms with Crippen molar-refractivity contribution in [1.82, 2.24) is 0 Å². The minimum atomic E-state index is -0.439. The number of fused-ring (bicyclic) bond motifs is 1. The number of nitrogens with zero attached hydrogens (tertiary/aromatic N) is 1. The van der Waals surface area contributed by atoms with Gasteiger partial charge >= 0.3 is 0 Å². The van der Waals surface area contributed by atoms with Crippen LogP contribution in [0.15, 0.2) is 34.8 Å². The van der Waals surface area contributed by atoms with Crippen molar-refractivity contribution in [3.63, 3.8) is 0 Å². The van der Waals surface area contributed by atoms with Gasteiger partial charge in [-0.25, -0.2) is 0 Å². The van der Waals surface area contributed by atoms with E-state index in [9.17, 15) is 15.2 Å². The molecule has 1 heterocycles. The lowest BCUT2D eigenvalue weighted by atomic mass is 10.1. The Labute approximate surface area is 141 Å². The Kier molecular flexibility index (Phi) is 4.49. The number of hydrogen-bond acceptors (Lipinski definition) is 5. The van der Waals surface area contributed by atoms with Crippen LogP contribution in [-0.2, 0) is 19.6 Å². The van der Waals surface area contributed by atoms with Gasteiger partial charge in [-0.15, -0.1) is 0 Å². The number of nitrogens with one attached hydrogen (secondary N) is 1. The first-order valence-corrected chi connectivity index (χ1v) is 7.94. The maximum Gasteiger partial charge on any atom is 0.292 e. The Hall–Kier alpha value is -2.12. The molecule has 6 nitrogen and oxygen atoms in total. The fourth-order valence-electron chi connectivity index (χ4n) is 2.65. The molecule has 2 N–H and O–H groups in total. The predicted molar refractivity (Wildman–Crippen MR) is 89.7 cm³/mol. The van der Waals surface area contributed by atoms with Crippen molar-refractivity contribution >= 4 is 27.3 Å². The number of halogens is 1. The van der Waals surface area contributed by atoms with Gasteiger partial charge in [-0.1, -0.05) is 15.9 Å². The SMILES string of the molecule is O=[N+]([O-])c1ccc(CO)cc1NCc1cc(Br)cc2c1OCC2. The van der Waals surface area contributed by atoms with Gasteiger partial charge in [0.15, 0.2) is 0 Å². The molecule has 23 heavy (non-hydrogen) atoms. The number of hydrogen-bond donors (Lipinski definition) is 2. The van der Waals surface area contributed by atoms with E-state index >= 15 is 0 Å². The summed E-state index contributed by atoms with van der Waals surface area (Å²) in [6.45, 7) is 0.887. The van der Waals surface area contributed by atoms with Gasteiger partial charge < -0.3 is 15.2 Å². The molecule has 7 heteroatoms. The maximum atomic E-state index is 11.1. The summed E-state index contributed by atoms with van der Waals surface area (Å²) < 4.78 is 6.62. The van der Waals surface area contributed by atoms with Crippen LogP contribution in [0.1, 0.15) is 16.7 Å². The molecule has 2 aromatic carbocycles. The van der Waals surface area contributed by atoms with E-state index in [2.05, 4.69) is 21.2 Å². The van der Waals surface area contributed by atoms with E-state index in [0.717, 1.165) is 27.8 Å². The van der Waals surface area contributed by atoms with Gasteiger partial charge in [0.1, 0.15) is 11.4 Å². The molecule has 0 atom stereocenters. The second kappa shape index (κ2) is 6.55. The van der Waals surface area contributed by atoms with E-state index in [1.54, 1.807) is 12.1 Å². The Bertz CT molecular complexity index is 764. The summed E-state index contributed by atoms with van der Waals surface area (Å²) in [5.41, 5.74) is 3.06.